The lowest BCUT2D eigenvalue weighted by molar-refractivity contribution is 0.0950. The Morgan fingerprint density at radius 1 is 1.28 bits per heavy atom. The van der Waals surface area contributed by atoms with Crippen molar-refractivity contribution in [2.75, 3.05) is 0 Å². The third-order valence-corrected chi connectivity index (χ3v) is 4.90. The fraction of sp³-hybridized carbons (Fsp3) is 0.0556. The maximum absolute atomic E-state index is 12.3. The molecule has 0 fully saturated rings. The highest BCUT2D eigenvalue weighted by Gasteiger charge is 2.15. The topological polar surface area (TPSA) is 74.6 Å². The second kappa shape index (κ2) is 7.58. The molecule has 1 aromatic heterocycles. The van der Waals surface area contributed by atoms with Crippen molar-refractivity contribution in [3.63, 3.8) is 0 Å². The number of aromatic hydroxyl groups is 1. The van der Waals surface area contributed by atoms with Gasteiger partial charge in [0.2, 0.25) is 0 Å². The third-order valence-electron chi connectivity index (χ3n) is 3.39. The van der Waals surface area contributed by atoms with Crippen LogP contribution in [-0.4, -0.2) is 22.2 Å². The molecule has 25 heavy (non-hydrogen) atoms. The molecule has 2 N–H and O–H groups in total. The number of phenols is 1. The van der Waals surface area contributed by atoms with Gasteiger partial charge < -0.3 is 5.11 Å². The Hall–Kier alpha value is -2.51. The van der Waals surface area contributed by atoms with Crippen molar-refractivity contribution in [2.24, 2.45) is 5.10 Å². The van der Waals surface area contributed by atoms with Gasteiger partial charge in [-0.1, -0.05) is 46.3 Å². The Morgan fingerprint density at radius 2 is 2.04 bits per heavy atom. The van der Waals surface area contributed by atoms with Crippen LogP contribution in [0.5, 0.6) is 5.75 Å². The molecular formula is C18H14BrN3O2S. The van der Waals surface area contributed by atoms with Gasteiger partial charge in [-0.15, -0.1) is 11.3 Å². The van der Waals surface area contributed by atoms with Crippen molar-refractivity contribution < 1.29 is 9.90 Å². The smallest absolute Gasteiger partial charge is 0.291 e. The van der Waals surface area contributed by atoms with E-state index in [9.17, 15) is 9.90 Å². The van der Waals surface area contributed by atoms with E-state index in [0.29, 0.717) is 11.3 Å². The number of carbonyl (C=O) groups is 1. The molecule has 0 unspecified atom stereocenters. The Balaban J connectivity index is 1.75. The van der Waals surface area contributed by atoms with Crippen molar-refractivity contribution >= 4 is 39.4 Å². The van der Waals surface area contributed by atoms with Gasteiger partial charge in [-0.3, -0.25) is 4.79 Å². The molecule has 3 aromatic rings. The van der Waals surface area contributed by atoms with E-state index in [2.05, 4.69) is 31.4 Å². The molecule has 1 heterocycles. The molecule has 1 amide bonds. The number of aryl methyl sites for hydroxylation is 1. The van der Waals surface area contributed by atoms with Crippen LogP contribution >= 0.6 is 27.3 Å². The Morgan fingerprint density at radius 3 is 2.80 bits per heavy atom. The summed E-state index contributed by atoms with van der Waals surface area (Å²) in [6.45, 7) is 1.85. The van der Waals surface area contributed by atoms with Crippen LogP contribution in [0, 0.1) is 6.92 Å². The van der Waals surface area contributed by atoms with Crippen LogP contribution in [0.25, 0.3) is 10.6 Å². The van der Waals surface area contributed by atoms with Gasteiger partial charge in [0.15, 0.2) is 0 Å². The molecule has 0 aliphatic rings. The van der Waals surface area contributed by atoms with Gasteiger partial charge in [-0.2, -0.15) is 5.10 Å². The summed E-state index contributed by atoms with van der Waals surface area (Å²) in [5.41, 5.74) is 4.26. The number of amides is 1. The van der Waals surface area contributed by atoms with E-state index in [4.69, 9.17) is 0 Å². The highest BCUT2D eigenvalue weighted by molar-refractivity contribution is 9.10. The largest absolute Gasteiger partial charge is 0.507 e. The molecule has 5 nitrogen and oxygen atoms in total. The quantitative estimate of drug-likeness (QED) is 0.491. The average Bonchev–Trinajstić information content (AvgIpc) is 3.00. The maximum atomic E-state index is 12.3. The first-order valence-corrected chi connectivity index (χ1v) is 9.00. The summed E-state index contributed by atoms with van der Waals surface area (Å²) in [7, 11) is 0. The van der Waals surface area contributed by atoms with Crippen molar-refractivity contribution in [1.82, 2.24) is 10.4 Å². The molecule has 0 radical (unpaired) electrons. The number of rotatable bonds is 4. The Bertz CT molecular complexity index is 939. The summed E-state index contributed by atoms with van der Waals surface area (Å²) in [5.74, 6) is -0.306. The number of carbonyl (C=O) groups excluding carboxylic acids is 1. The third kappa shape index (κ3) is 4.12. The van der Waals surface area contributed by atoms with E-state index in [1.807, 2.05) is 37.3 Å². The van der Waals surface area contributed by atoms with E-state index in [1.165, 1.54) is 17.6 Å². The first kappa shape index (κ1) is 17.3. The maximum Gasteiger partial charge on any atom is 0.291 e. The van der Waals surface area contributed by atoms with Crippen LogP contribution < -0.4 is 5.43 Å². The summed E-state index contributed by atoms with van der Waals surface area (Å²) in [6.07, 6.45) is 1.39. The van der Waals surface area contributed by atoms with E-state index < -0.39 is 0 Å². The minimum absolute atomic E-state index is 0.0809. The zero-order valence-electron chi connectivity index (χ0n) is 13.2. The number of phenolic OH excluding ortho intramolecular Hbond substituents is 1. The normalized spacial score (nSPS) is 11.0. The molecule has 0 bridgehead atoms. The number of aromatic nitrogens is 1. The number of benzene rings is 2. The van der Waals surface area contributed by atoms with Crippen LogP contribution in [0.2, 0.25) is 0 Å². The molecule has 0 atom stereocenters. The summed E-state index contributed by atoms with van der Waals surface area (Å²) in [4.78, 5) is 17.5. The Kier molecular flexibility index (Phi) is 5.25. The van der Waals surface area contributed by atoms with Gasteiger partial charge in [-0.05, 0) is 25.1 Å². The van der Waals surface area contributed by atoms with Crippen LogP contribution in [0.1, 0.15) is 20.9 Å². The van der Waals surface area contributed by atoms with E-state index >= 15 is 0 Å². The highest BCUT2D eigenvalue weighted by Crippen LogP contribution is 2.27. The van der Waals surface area contributed by atoms with Crippen LogP contribution in [0.4, 0.5) is 0 Å². The average molecular weight is 416 g/mol. The fourth-order valence-corrected chi connectivity index (χ4v) is 3.45. The summed E-state index contributed by atoms with van der Waals surface area (Å²) in [6, 6.07) is 14.7. The number of thiazole rings is 1. The summed E-state index contributed by atoms with van der Waals surface area (Å²) >= 11 is 4.78. The van der Waals surface area contributed by atoms with Crippen molar-refractivity contribution in [3.05, 3.63) is 69.1 Å². The van der Waals surface area contributed by atoms with E-state index in [-0.39, 0.29) is 11.7 Å². The lowest BCUT2D eigenvalue weighted by atomic mass is 10.2. The number of halogens is 1. The molecule has 0 spiro atoms. The number of nitrogens with one attached hydrogen (secondary N) is 1. The molecule has 0 saturated carbocycles. The molecule has 0 saturated heterocycles. The van der Waals surface area contributed by atoms with Crippen molar-refractivity contribution in [2.45, 2.75) is 6.92 Å². The molecule has 126 valence electrons. The van der Waals surface area contributed by atoms with Gasteiger partial charge in [0, 0.05) is 20.5 Å². The summed E-state index contributed by atoms with van der Waals surface area (Å²) < 4.78 is 0.806. The number of hydrogen-bond acceptors (Lipinski definition) is 5. The van der Waals surface area contributed by atoms with Crippen molar-refractivity contribution in [1.29, 1.82) is 0 Å². The summed E-state index contributed by atoms with van der Waals surface area (Å²) in [5, 5.41) is 14.4. The van der Waals surface area contributed by atoms with Gasteiger partial charge >= 0.3 is 0 Å². The van der Waals surface area contributed by atoms with Crippen LogP contribution in [0.3, 0.4) is 0 Å². The monoisotopic (exact) mass is 415 g/mol. The molecule has 0 aliphatic carbocycles. The number of nitrogens with zero attached hydrogens (tertiary/aromatic N) is 2. The van der Waals surface area contributed by atoms with Gasteiger partial charge in [0.05, 0.1) is 6.21 Å². The highest BCUT2D eigenvalue weighted by atomic mass is 79.9. The van der Waals surface area contributed by atoms with Gasteiger partial charge in [0.1, 0.15) is 16.5 Å². The Labute approximate surface area is 157 Å². The lowest BCUT2D eigenvalue weighted by Gasteiger charge is -2.00. The van der Waals surface area contributed by atoms with Crippen LogP contribution in [-0.2, 0) is 0 Å². The van der Waals surface area contributed by atoms with Crippen LogP contribution in [0.15, 0.2) is 58.1 Å². The van der Waals surface area contributed by atoms with E-state index in [1.54, 1.807) is 18.2 Å². The predicted molar refractivity (Wildman–Crippen MR) is 103 cm³/mol. The van der Waals surface area contributed by atoms with Gasteiger partial charge in [-0.25, -0.2) is 10.4 Å². The first-order valence-electron chi connectivity index (χ1n) is 7.39. The fourth-order valence-electron chi connectivity index (χ4n) is 2.15. The molecule has 0 aliphatic heterocycles. The molecule has 2 aromatic carbocycles. The van der Waals surface area contributed by atoms with Crippen molar-refractivity contribution in [3.8, 4) is 16.3 Å². The van der Waals surface area contributed by atoms with E-state index in [0.717, 1.165) is 19.9 Å². The molecule has 7 heteroatoms. The lowest BCUT2D eigenvalue weighted by Crippen LogP contribution is -2.18. The predicted octanol–water partition coefficient (Wildman–Crippen LogP) is 4.35. The molecule has 3 rings (SSSR count). The zero-order valence-corrected chi connectivity index (χ0v) is 15.6. The first-order chi connectivity index (χ1) is 12.0. The van der Waals surface area contributed by atoms with Gasteiger partial charge in [0.25, 0.3) is 5.91 Å². The number of hydrazone groups is 1. The SMILES string of the molecule is Cc1sc(-c2ccccc2)nc1C(=O)N/N=C\c1cc(Br)ccc1O. The second-order valence-electron chi connectivity index (χ2n) is 5.19. The minimum Gasteiger partial charge on any atom is -0.507 e. The minimum atomic E-state index is -0.387. The second-order valence-corrected chi connectivity index (χ2v) is 7.31. The zero-order chi connectivity index (χ0) is 17.8. The molecular weight excluding hydrogens is 402 g/mol. The number of hydrogen-bond donors (Lipinski definition) is 2. The standard InChI is InChI=1S/C18H14BrN3O2S/c1-11-16(21-18(25-11)12-5-3-2-4-6-12)17(24)22-20-10-13-9-14(19)7-8-15(13)23/h2-10,23H,1H3,(H,22,24)/b20-10-.